The first-order chi connectivity index (χ1) is 19.5. The van der Waals surface area contributed by atoms with Crippen molar-refractivity contribution < 1.29 is 27.5 Å². The highest BCUT2D eigenvalue weighted by atomic mass is 19.4. The van der Waals surface area contributed by atoms with E-state index in [-0.39, 0.29) is 40.9 Å². The molecule has 0 unspecified atom stereocenters. The normalized spacial score (nSPS) is 13.9. The number of primary amides is 1. The minimum absolute atomic E-state index is 0.0239. The lowest BCUT2D eigenvalue weighted by Gasteiger charge is -2.34. The molecular weight excluding hydrogens is 539 g/mol. The third-order valence-electron chi connectivity index (χ3n) is 6.40. The summed E-state index contributed by atoms with van der Waals surface area (Å²) in [6, 6.07) is 10.3. The molecule has 3 aromatic rings. The number of halogens is 3. The van der Waals surface area contributed by atoms with Crippen molar-refractivity contribution >= 4 is 34.7 Å². The molecule has 1 aromatic heterocycles. The van der Waals surface area contributed by atoms with Crippen LogP contribution >= 0.6 is 0 Å². The summed E-state index contributed by atoms with van der Waals surface area (Å²) < 4.78 is 46.5. The van der Waals surface area contributed by atoms with Crippen LogP contribution in [0.4, 0.5) is 36.1 Å². The first-order valence-corrected chi connectivity index (χ1v) is 12.8. The van der Waals surface area contributed by atoms with Crippen LogP contribution in [0.2, 0.25) is 0 Å². The van der Waals surface area contributed by atoms with Gasteiger partial charge in [0.15, 0.2) is 11.5 Å². The highest BCUT2D eigenvalue weighted by Crippen LogP contribution is 2.36. The van der Waals surface area contributed by atoms with Gasteiger partial charge in [0.25, 0.3) is 5.91 Å². The van der Waals surface area contributed by atoms with Gasteiger partial charge in [-0.2, -0.15) is 18.2 Å². The number of hydrogen-bond donors (Lipinski definition) is 3. The van der Waals surface area contributed by atoms with Gasteiger partial charge in [0.1, 0.15) is 11.4 Å². The molecule has 0 aliphatic carbocycles. The summed E-state index contributed by atoms with van der Waals surface area (Å²) in [6.07, 6.45) is -3.55. The van der Waals surface area contributed by atoms with Crippen LogP contribution in [0.25, 0.3) is 0 Å². The third-order valence-corrected chi connectivity index (χ3v) is 6.40. The summed E-state index contributed by atoms with van der Waals surface area (Å²) >= 11 is 0. The van der Waals surface area contributed by atoms with Crippen LogP contribution in [0.1, 0.15) is 28.7 Å². The number of hydrogen-bond acceptors (Lipinski definition) is 8. The topological polar surface area (TPSA) is 126 Å². The van der Waals surface area contributed by atoms with Crippen molar-refractivity contribution in [2.75, 3.05) is 48.8 Å². The van der Waals surface area contributed by atoms with Gasteiger partial charge in [0.05, 0.1) is 5.56 Å². The first-order valence-electron chi connectivity index (χ1n) is 12.8. The van der Waals surface area contributed by atoms with Crippen molar-refractivity contribution in [1.82, 2.24) is 14.9 Å². The Hall–Kier alpha value is -4.65. The van der Waals surface area contributed by atoms with Crippen molar-refractivity contribution in [3.63, 3.8) is 0 Å². The maximum atomic E-state index is 13.6. The number of ether oxygens (including phenoxy) is 1. The molecule has 1 aliphatic heterocycles. The summed E-state index contributed by atoms with van der Waals surface area (Å²) in [4.78, 5) is 37.1. The second-order valence-electron chi connectivity index (χ2n) is 9.39. The molecule has 0 spiro atoms. The fourth-order valence-corrected chi connectivity index (χ4v) is 4.18. The average molecular weight is 570 g/mol. The lowest BCUT2D eigenvalue weighted by Crippen LogP contribution is -2.44. The Balaban J connectivity index is 1.66. The van der Waals surface area contributed by atoms with Crippen LogP contribution in [0.5, 0.6) is 11.6 Å². The number of anilines is 4. The molecule has 0 radical (unpaired) electrons. The van der Waals surface area contributed by atoms with Gasteiger partial charge < -0.3 is 30.9 Å². The lowest BCUT2D eigenvalue weighted by atomic mass is 10.1. The van der Waals surface area contributed by atoms with E-state index in [9.17, 15) is 22.8 Å². The van der Waals surface area contributed by atoms with E-state index in [2.05, 4.69) is 44.0 Å². The largest absolute Gasteiger partial charge is 0.437 e. The lowest BCUT2D eigenvalue weighted by molar-refractivity contribution is -0.137. The molecule has 2 amide bonds. The van der Waals surface area contributed by atoms with Gasteiger partial charge in [-0.1, -0.05) is 13.5 Å². The van der Waals surface area contributed by atoms with Crippen molar-refractivity contribution in [2.45, 2.75) is 19.5 Å². The molecular formula is C28H30F3N7O3. The maximum Gasteiger partial charge on any atom is 0.416 e. The van der Waals surface area contributed by atoms with Crippen LogP contribution in [0.15, 0.2) is 55.1 Å². The van der Waals surface area contributed by atoms with Crippen molar-refractivity contribution in [3.05, 3.63) is 72.1 Å². The van der Waals surface area contributed by atoms with Crippen molar-refractivity contribution in [2.24, 2.45) is 5.73 Å². The van der Waals surface area contributed by atoms with Crippen LogP contribution in [0.3, 0.4) is 0 Å². The molecule has 0 atom stereocenters. The molecule has 0 bridgehead atoms. The predicted molar refractivity (Wildman–Crippen MR) is 150 cm³/mol. The quantitative estimate of drug-likeness (QED) is 0.320. The van der Waals surface area contributed by atoms with E-state index in [1.807, 2.05) is 24.3 Å². The van der Waals surface area contributed by atoms with Crippen LogP contribution < -0.4 is 26.0 Å². The smallest absolute Gasteiger partial charge is 0.416 e. The van der Waals surface area contributed by atoms with Crippen molar-refractivity contribution in [1.29, 1.82) is 0 Å². The standard InChI is InChI=1S/C28H30F3N7O3/c1-4-22-27(41-21-15-17(28(29,30)31)14-19(16-21)33-23(39)5-2)36-26(24(35-22)25(32)40)34-18-6-8-20(9-7-18)38-12-10-37(3)11-13-38/h5-9,14-16H,2,4,10-13H2,1,3H3,(H2,32,40)(H,33,39)(H,34,36). The maximum absolute atomic E-state index is 13.6. The van der Waals surface area contributed by atoms with E-state index in [0.717, 1.165) is 50.1 Å². The van der Waals surface area contributed by atoms with Crippen LogP contribution in [-0.4, -0.2) is 59.9 Å². The number of rotatable bonds is 9. The highest BCUT2D eigenvalue weighted by molar-refractivity contribution is 5.99. The highest BCUT2D eigenvalue weighted by Gasteiger charge is 2.32. The van der Waals surface area contributed by atoms with Crippen molar-refractivity contribution in [3.8, 4) is 11.6 Å². The number of nitrogens with zero attached hydrogens (tertiary/aromatic N) is 4. The molecule has 2 aromatic carbocycles. The van der Waals surface area contributed by atoms with Crippen LogP contribution in [0, 0.1) is 0 Å². The van der Waals surface area contributed by atoms with Gasteiger partial charge in [-0.15, -0.1) is 0 Å². The minimum atomic E-state index is -4.72. The number of nitrogens with two attached hydrogens (primary N) is 1. The number of carbonyl (C=O) groups is 2. The van der Waals surface area contributed by atoms with Gasteiger partial charge in [0, 0.05) is 49.3 Å². The fraction of sp³-hybridized carbons (Fsp3) is 0.286. The number of alkyl halides is 3. The molecule has 1 fully saturated rings. The zero-order chi connectivity index (χ0) is 29.7. The Labute approximate surface area is 235 Å². The number of likely N-dealkylation sites (N-methyl/N-ethyl adjacent to an activating group) is 1. The molecule has 4 rings (SSSR count). The molecule has 216 valence electrons. The Morgan fingerprint density at radius 2 is 1.76 bits per heavy atom. The Kier molecular flexibility index (Phi) is 8.77. The molecule has 0 saturated carbocycles. The number of benzene rings is 2. The van der Waals surface area contributed by atoms with E-state index < -0.39 is 23.6 Å². The Morgan fingerprint density at radius 3 is 2.34 bits per heavy atom. The summed E-state index contributed by atoms with van der Waals surface area (Å²) in [6.45, 7) is 8.73. The number of carbonyl (C=O) groups excluding carboxylic acids is 2. The first kappa shape index (κ1) is 29.3. The molecule has 41 heavy (non-hydrogen) atoms. The van der Waals surface area contributed by atoms with Gasteiger partial charge in [-0.3, -0.25) is 9.59 Å². The van der Waals surface area contributed by atoms with Gasteiger partial charge in [0.2, 0.25) is 11.8 Å². The molecule has 1 saturated heterocycles. The van der Waals surface area contributed by atoms with Gasteiger partial charge in [-0.25, -0.2) is 4.98 Å². The summed E-state index contributed by atoms with van der Waals surface area (Å²) in [5, 5.41) is 5.32. The van der Waals surface area contributed by atoms with E-state index in [0.29, 0.717) is 5.69 Å². The number of amides is 2. The molecule has 13 heteroatoms. The molecule has 1 aliphatic rings. The molecule has 10 nitrogen and oxygen atoms in total. The second-order valence-corrected chi connectivity index (χ2v) is 9.39. The molecule has 2 heterocycles. The molecule has 4 N–H and O–H groups in total. The van der Waals surface area contributed by atoms with Gasteiger partial charge in [-0.05, 0) is 55.9 Å². The van der Waals surface area contributed by atoms with E-state index in [1.54, 1.807) is 6.92 Å². The fourth-order valence-electron chi connectivity index (χ4n) is 4.18. The predicted octanol–water partition coefficient (Wildman–Crippen LogP) is 4.57. The Morgan fingerprint density at radius 1 is 1.07 bits per heavy atom. The summed E-state index contributed by atoms with van der Waals surface area (Å²) in [5.41, 5.74) is 6.04. The zero-order valence-electron chi connectivity index (χ0n) is 22.6. The van der Waals surface area contributed by atoms with Crippen LogP contribution in [-0.2, 0) is 17.4 Å². The average Bonchev–Trinajstić information content (AvgIpc) is 2.93. The number of piperazine rings is 1. The number of nitrogens with one attached hydrogen (secondary N) is 2. The minimum Gasteiger partial charge on any atom is -0.437 e. The van der Waals surface area contributed by atoms with E-state index in [4.69, 9.17) is 10.5 Å². The van der Waals surface area contributed by atoms with E-state index in [1.165, 1.54) is 6.07 Å². The summed E-state index contributed by atoms with van der Waals surface area (Å²) in [5.74, 6) is -1.94. The monoisotopic (exact) mass is 569 g/mol. The SMILES string of the molecule is C=CC(=O)Nc1cc(Oc2nc(Nc3ccc(N4CCN(C)CC4)cc3)c(C(N)=O)nc2CC)cc(C(F)(F)F)c1. The number of aromatic nitrogens is 2. The Bertz CT molecular complexity index is 1440. The third kappa shape index (κ3) is 7.31. The van der Waals surface area contributed by atoms with E-state index >= 15 is 0 Å². The number of aryl methyl sites for hydroxylation is 1. The zero-order valence-corrected chi connectivity index (χ0v) is 22.6. The summed E-state index contributed by atoms with van der Waals surface area (Å²) in [7, 11) is 2.08. The van der Waals surface area contributed by atoms with Gasteiger partial charge >= 0.3 is 6.18 Å². The second kappa shape index (κ2) is 12.3.